The summed E-state index contributed by atoms with van der Waals surface area (Å²) in [5, 5.41) is 0. The predicted octanol–water partition coefficient (Wildman–Crippen LogP) is 1.51. The van der Waals surface area contributed by atoms with E-state index in [2.05, 4.69) is 9.71 Å². The quantitative estimate of drug-likeness (QED) is 0.821. The number of hydrogen-bond acceptors (Lipinski definition) is 4. The van der Waals surface area contributed by atoms with Crippen molar-refractivity contribution in [1.82, 2.24) is 4.72 Å². The van der Waals surface area contributed by atoms with Crippen LogP contribution in [0.25, 0.3) is 0 Å². The molecule has 3 N–H and O–H groups in total. The molecule has 1 aliphatic heterocycles. The van der Waals surface area contributed by atoms with Crippen molar-refractivity contribution in [2.75, 3.05) is 5.73 Å². The van der Waals surface area contributed by atoms with E-state index < -0.39 is 10.0 Å². The summed E-state index contributed by atoms with van der Waals surface area (Å²) in [5.74, 6) is 0.365. The molecule has 20 heavy (non-hydrogen) atoms. The molecule has 0 atom stereocenters. The zero-order valence-corrected chi connectivity index (χ0v) is 11.4. The summed E-state index contributed by atoms with van der Waals surface area (Å²) in [6, 6.07) is 14.2. The third-order valence-corrected chi connectivity index (χ3v) is 4.52. The molecular formula is C14H13N3O2S. The number of benzene rings is 2. The number of fused-ring (bicyclic) bond motifs is 1. The topological polar surface area (TPSA) is 84.5 Å². The van der Waals surface area contributed by atoms with E-state index in [-0.39, 0.29) is 4.90 Å². The molecule has 0 saturated heterocycles. The van der Waals surface area contributed by atoms with E-state index in [0.717, 1.165) is 5.56 Å². The zero-order chi connectivity index (χ0) is 14.2. The van der Waals surface area contributed by atoms with Crippen LogP contribution < -0.4 is 10.5 Å². The van der Waals surface area contributed by atoms with E-state index in [1.54, 1.807) is 30.3 Å². The number of nitrogens with one attached hydrogen (secondary N) is 1. The highest BCUT2D eigenvalue weighted by atomic mass is 32.2. The van der Waals surface area contributed by atoms with Crippen LogP contribution in [-0.4, -0.2) is 14.3 Å². The predicted molar refractivity (Wildman–Crippen MR) is 77.9 cm³/mol. The second kappa shape index (κ2) is 4.64. The second-order valence-corrected chi connectivity index (χ2v) is 6.12. The minimum atomic E-state index is -3.48. The molecule has 0 spiro atoms. The molecule has 0 radical (unpaired) electrons. The van der Waals surface area contributed by atoms with Gasteiger partial charge in [-0.05, 0) is 23.8 Å². The highest BCUT2D eigenvalue weighted by Gasteiger charge is 2.29. The van der Waals surface area contributed by atoms with Crippen LogP contribution in [0.15, 0.2) is 58.4 Å². The number of para-hydroxylation sites is 1. The largest absolute Gasteiger partial charge is 0.398 e. The van der Waals surface area contributed by atoms with E-state index in [1.807, 2.05) is 18.2 Å². The second-order valence-electron chi connectivity index (χ2n) is 4.47. The lowest BCUT2D eigenvalue weighted by Gasteiger charge is -2.03. The fourth-order valence-electron chi connectivity index (χ4n) is 2.09. The summed E-state index contributed by atoms with van der Waals surface area (Å²) < 4.78 is 26.3. The average molecular weight is 287 g/mol. The Morgan fingerprint density at radius 2 is 1.75 bits per heavy atom. The Balaban J connectivity index is 1.97. The Hall–Kier alpha value is -2.34. The summed E-state index contributed by atoms with van der Waals surface area (Å²) in [4.78, 5) is 4.60. The number of nitrogens with zero attached hydrogens (tertiary/aromatic N) is 1. The van der Waals surface area contributed by atoms with Crippen molar-refractivity contribution in [3.63, 3.8) is 0 Å². The van der Waals surface area contributed by atoms with Gasteiger partial charge >= 0.3 is 0 Å². The SMILES string of the molecule is Nc1ccccc1CN=C1NS(=O)(=O)c2ccccc21. The maximum atomic E-state index is 11.9. The van der Waals surface area contributed by atoms with Crippen molar-refractivity contribution >= 4 is 21.5 Å². The molecule has 0 saturated carbocycles. The number of hydrogen-bond donors (Lipinski definition) is 2. The van der Waals surface area contributed by atoms with Crippen LogP contribution in [0.3, 0.4) is 0 Å². The van der Waals surface area contributed by atoms with Crippen LogP contribution in [0.4, 0.5) is 5.69 Å². The van der Waals surface area contributed by atoms with Crippen molar-refractivity contribution in [3.05, 3.63) is 59.7 Å². The summed E-state index contributed by atoms with van der Waals surface area (Å²) in [6.45, 7) is 0.332. The van der Waals surface area contributed by atoms with Crippen LogP contribution in [0.1, 0.15) is 11.1 Å². The van der Waals surface area contributed by atoms with Crippen LogP contribution in [0.2, 0.25) is 0 Å². The van der Waals surface area contributed by atoms with Gasteiger partial charge in [0.05, 0.1) is 11.4 Å². The molecule has 2 aromatic carbocycles. The van der Waals surface area contributed by atoms with Crippen molar-refractivity contribution < 1.29 is 8.42 Å². The third-order valence-electron chi connectivity index (χ3n) is 3.13. The Morgan fingerprint density at radius 1 is 1.05 bits per heavy atom. The number of nitrogens with two attached hydrogens (primary N) is 1. The van der Waals surface area contributed by atoms with Gasteiger partial charge in [-0.1, -0.05) is 30.3 Å². The molecule has 2 aromatic rings. The summed E-state index contributed by atoms with van der Waals surface area (Å²) in [5.41, 5.74) is 7.95. The average Bonchev–Trinajstić information content (AvgIpc) is 2.70. The van der Waals surface area contributed by atoms with Crippen molar-refractivity contribution in [1.29, 1.82) is 0 Å². The standard InChI is InChI=1S/C14H13N3O2S/c15-12-7-3-1-5-10(12)9-16-14-11-6-2-4-8-13(11)20(18,19)17-14/h1-8H,9,15H2,(H,16,17). The molecule has 0 amide bonds. The van der Waals surface area contributed by atoms with Gasteiger partial charge in [0.1, 0.15) is 5.84 Å². The van der Waals surface area contributed by atoms with E-state index in [9.17, 15) is 8.42 Å². The first kappa shape index (κ1) is 12.7. The monoisotopic (exact) mass is 287 g/mol. The Labute approximate surface area is 117 Å². The minimum absolute atomic E-state index is 0.264. The maximum absolute atomic E-state index is 11.9. The van der Waals surface area contributed by atoms with Gasteiger partial charge in [0.15, 0.2) is 0 Å². The molecule has 0 bridgehead atoms. The van der Waals surface area contributed by atoms with Gasteiger partial charge < -0.3 is 5.73 Å². The Bertz CT molecular complexity index is 798. The van der Waals surface area contributed by atoms with Crippen LogP contribution >= 0.6 is 0 Å². The molecular weight excluding hydrogens is 274 g/mol. The molecule has 0 unspecified atom stereocenters. The highest BCUT2D eigenvalue weighted by molar-refractivity contribution is 7.90. The first-order valence-electron chi connectivity index (χ1n) is 6.08. The molecule has 3 rings (SSSR count). The highest BCUT2D eigenvalue weighted by Crippen LogP contribution is 2.22. The maximum Gasteiger partial charge on any atom is 0.263 e. The van der Waals surface area contributed by atoms with Crippen LogP contribution in [0, 0.1) is 0 Å². The lowest BCUT2D eigenvalue weighted by molar-refractivity contribution is 0.595. The summed E-state index contributed by atoms with van der Waals surface area (Å²) in [6.07, 6.45) is 0. The number of anilines is 1. The molecule has 0 aromatic heterocycles. The number of nitrogen functional groups attached to an aromatic ring is 1. The molecule has 0 aliphatic carbocycles. The molecule has 1 heterocycles. The van der Waals surface area contributed by atoms with Gasteiger partial charge in [-0.25, -0.2) is 8.42 Å². The molecule has 1 aliphatic rings. The molecule has 102 valence electrons. The van der Waals surface area contributed by atoms with Crippen molar-refractivity contribution in [2.45, 2.75) is 11.4 Å². The number of rotatable bonds is 2. The lowest BCUT2D eigenvalue weighted by Crippen LogP contribution is -2.22. The normalized spacial score (nSPS) is 17.7. The van der Waals surface area contributed by atoms with E-state index >= 15 is 0 Å². The first-order valence-corrected chi connectivity index (χ1v) is 7.56. The fourth-order valence-corrected chi connectivity index (χ4v) is 3.34. The first-order chi connectivity index (χ1) is 9.58. The Morgan fingerprint density at radius 3 is 2.55 bits per heavy atom. The smallest absolute Gasteiger partial charge is 0.263 e. The summed E-state index contributed by atoms with van der Waals surface area (Å²) in [7, 11) is -3.48. The minimum Gasteiger partial charge on any atom is -0.398 e. The van der Waals surface area contributed by atoms with Crippen LogP contribution in [-0.2, 0) is 16.6 Å². The van der Waals surface area contributed by atoms with Gasteiger partial charge in [0, 0.05) is 11.3 Å². The van der Waals surface area contributed by atoms with Gasteiger partial charge in [-0.3, -0.25) is 9.71 Å². The van der Waals surface area contributed by atoms with Crippen LogP contribution in [0.5, 0.6) is 0 Å². The number of sulfonamides is 1. The summed E-state index contributed by atoms with van der Waals surface area (Å²) >= 11 is 0. The van der Waals surface area contributed by atoms with Gasteiger partial charge in [0.25, 0.3) is 10.0 Å². The number of amidine groups is 1. The van der Waals surface area contributed by atoms with Crippen molar-refractivity contribution in [3.8, 4) is 0 Å². The van der Waals surface area contributed by atoms with Crippen molar-refractivity contribution in [2.24, 2.45) is 4.99 Å². The molecule has 0 fully saturated rings. The van der Waals surface area contributed by atoms with Gasteiger partial charge in [-0.15, -0.1) is 0 Å². The fraction of sp³-hybridized carbons (Fsp3) is 0.0714. The zero-order valence-electron chi connectivity index (χ0n) is 10.6. The third kappa shape index (κ3) is 2.14. The molecule has 5 nitrogen and oxygen atoms in total. The van der Waals surface area contributed by atoms with E-state index in [1.165, 1.54) is 0 Å². The molecule has 6 heteroatoms. The van der Waals surface area contributed by atoms with E-state index in [4.69, 9.17) is 5.73 Å². The number of aliphatic imine (C=N–C) groups is 1. The van der Waals surface area contributed by atoms with Gasteiger partial charge in [0.2, 0.25) is 0 Å². The lowest BCUT2D eigenvalue weighted by atomic mass is 10.2. The Kier molecular flexibility index (Phi) is 2.94. The van der Waals surface area contributed by atoms with Gasteiger partial charge in [-0.2, -0.15) is 0 Å². The van der Waals surface area contributed by atoms with E-state index in [0.29, 0.717) is 23.6 Å².